The first kappa shape index (κ1) is 19.5. The molecule has 1 amide bonds. The molecule has 0 radical (unpaired) electrons. The maximum atomic E-state index is 12.1. The number of hydrogen-bond acceptors (Lipinski definition) is 8. The zero-order valence-corrected chi connectivity index (χ0v) is 16.5. The number of methoxy groups -OCH3 is 2. The Balaban J connectivity index is 1.65. The van der Waals surface area contributed by atoms with Crippen LogP contribution in [0.25, 0.3) is 11.7 Å². The van der Waals surface area contributed by atoms with Crippen molar-refractivity contribution in [3.8, 4) is 29.1 Å². The molecule has 0 aliphatic heterocycles. The molecule has 28 heavy (non-hydrogen) atoms. The number of furan rings is 1. The summed E-state index contributed by atoms with van der Waals surface area (Å²) >= 11 is 3.40. The SMILES string of the molecule is COc1cc(Br)c(CC(=O)NN=Cc2nc(-c3ccco3)oc2O)cc1OC. The smallest absolute Gasteiger partial charge is 0.312 e. The predicted octanol–water partition coefficient (Wildman–Crippen LogP) is 3.11. The van der Waals surface area contributed by atoms with E-state index in [0.717, 1.165) is 0 Å². The fourth-order valence-corrected chi connectivity index (χ4v) is 2.79. The molecule has 2 N–H and O–H groups in total. The van der Waals surface area contributed by atoms with E-state index < -0.39 is 5.95 Å². The number of aromatic nitrogens is 1. The standard InChI is InChI=1S/C18H16BrN3O6/c1-25-14-6-10(11(19)8-15(14)26-2)7-16(23)22-20-9-12-18(24)28-17(21-12)13-4-3-5-27-13/h3-6,8-9,24H,7H2,1-2H3,(H,22,23). The van der Waals surface area contributed by atoms with Crippen LogP contribution in [0.2, 0.25) is 0 Å². The predicted molar refractivity (Wildman–Crippen MR) is 103 cm³/mol. The first-order valence-electron chi connectivity index (χ1n) is 7.97. The number of rotatable bonds is 7. The maximum absolute atomic E-state index is 12.1. The molecule has 0 saturated carbocycles. The lowest BCUT2D eigenvalue weighted by molar-refractivity contribution is -0.120. The summed E-state index contributed by atoms with van der Waals surface area (Å²) < 4.78 is 21.4. The first-order valence-corrected chi connectivity index (χ1v) is 8.77. The van der Waals surface area contributed by atoms with E-state index in [4.69, 9.17) is 18.3 Å². The minimum atomic E-state index is -0.438. The van der Waals surface area contributed by atoms with E-state index in [1.807, 2.05) is 0 Å². The van der Waals surface area contributed by atoms with Crippen LogP contribution in [0.3, 0.4) is 0 Å². The van der Waals surface area contributed by atoms with Gasteiger partial charge in [0.1, 0.15) is 0 Å². The highest BCUT2D eigenvalue weighted by atomic mass is 79.9. The number of oxazole rings is 1. The molecule has 2 heterocycles. The molecule has 3 aromatic rings. The molecule has 0 saturated heterocycles. The van der Waals surface area contributed by atoms with E-state index in [0.29, 0.717) is 27.3 Å². The Morgan fingerprint density at radius 3 is 2.79 bits per heavy atom. The molecule has 2 aromatic heterocycles. The number of carbonyl (C=O) groups is 1. The van der Waals surface area contributed by atoms with Crippen molar-refractivity contribution in [2.75, 3.05) is 14.2 Å². The number of nitrogens with one attached hydrogen (secondary N) is 1. The zero-order chi connectivity index (χ0) is 20.1. The second kappa shape index (κ2) is 8.61. The van der Waals surface area contributed by atoms with Crippen molar-refractivity contribution in [1.82, 2.24) is 10.4 Å². The number of carbonyl (C=O) groups excluding carboxylic acids is 1. The Morgan fingerprint density at radius 2 is 2.11 bits per heavy atom. The minimum absolute atomic E-state index is 0.0424. The molecule has 0 aliphatic rings. The molecule has 10 heteroatoms. The van der Waals surface area contributed by atoms with Gasteiger partial charge in [-0.05, 0) is 29.8 Å². The Morgan fingerprint density at radius 1 is 1.36 bits per heavy atom. The number of halogens is 1. The van der Waals surface area contributed by atoms with Crippen LogP contribution < -0.4 is 14.9 Å². The van der Waals surface area contributed by atoms with Gasteiger partial charge in [0.05, 0.1) is 33.1 Å². The number of amides is 1. The van der Waals surface area contributed by atoms with Crippen molar-refractivity contribution in [2.45, 2.75) is 6.42 Å². The van der Waals surface area contributed by atoms with Gasteiger partial charge in [-0.25, -0.2) is 10.4 Å². The van der Waals surface area contributed by atoms with Gasteiger partial charge in [0.15, 0.2) is 23.0 Å². The normalized spacial score (nSPS) is 11.0. The van der Waals surface area contributed by atoms with E-state index >= 15 is 0 Å². The monoisotopic (exact) mass is 449 g/mol. The molecule has 146 valence electrons. The number of hydrogen-bond donors (Lipinski definition) is 2. The van der Waals surface area contributed by atoms with Gasteiger partial charge in [0, 0.05) is 4.47 Å². The topological polar surface area (TPSA) is 119 Å². The molecular formula is C18H16BrN3O6. The second-order valence-corrected chi connectivity index (χ2v) is 6.31. The third-order valence-corrected chi connectivity index (χ3v) is 4.38. The van der Waals surface area contributed by atoms with Crippen LogP contribution in [0.1, 0.15) is 11.3 Å². The van der Waals surface area contributed by atoms with Crippen LogP contribution in [0, 0.1) is 0 Å². The zero-order valence-electron chi connectivity index (χ0n) is 14.9. The summed E-state index contributed by atoms with van der Waals surface area (Å²) in [6.07, 6.45) is 2.67. The number of aromatic hydroxyl groups is 1. The number of hydrazone groups is 1. The van der Waals surface area contributed by atoms with Gasteiger partial charge in [-0.2, -0.15) is 5.10 Å². The average molecular weight is 450 g/mol. The van der Waals surface area contributed by atoms with Gasteiger partial charge in [0.2, 0.25) is 5.91 Å². The van der Waals surface area contributed by atoms with Crippen LogP contribution >= 0.6 is 15.9 Å². The highest BCUT2D eigenvalue weighted by molar-refractivity contribution is 9.10. The van der Waals surface area contributed by atoms with Crippen molar-refractivity contribution in [2.24, 2.45) is 5.10 Å². The molecule has 0 spiro atoms. The van der Waals surface area contributed by atoms with Crippen molar-refractivity contribution in [1.29, 1.82) is 0 Å². The fourth-order valence-electron chi connectivity index (χ4n) is 2.32. The van der Waals surface area contributed by atoms with Gasteiger partial charge in [-0.15, -0.1) is 0 Å². The average Bonchev–Trinajstić information content (AvgIpc) is 3.33. The molecule has 9 nitrogen and oxygen atoms in total. The summed E-state index contributed by atoms with van der Waals surface area (Å²) in [5.74, 6) is 0.702. The van der Waals surface area contributed by atoms with Gasteiger partial charge in [-0.1, -0.05) is 15.9 Å². The van der Waals surface area contributed by atoms with E-state index in [9.17, 15) is 9.90 Å². The van der Waals surface area contributed by atoms with Crippen molar-refractivity contribution < 1.29 is 28.2 Å². The Bertz CT molecular complexity index is 997. The maximum Gasteiger partial charge on any atom is 0.312 e. The van der Waals surface area contributed by atoms with Gasteiger partial charge < -0.3 is 23.4 Å². The number of ether oxygens (including phenoxy) is 2. The summed E-state index contributed by atoms with van der Waals surface area (Å²) in [6, 6.07) is 6.71. The van der Waals surface area contributed by atoms with E-state index in [1.54, 1.807) is 24.3 Å². The van der Waals surface area contributed by atoms with Gasteiger partial charge in [-0.3, -0.25) is 4.79 Å². The largest absolute Gasteiger partial charge is 0.493 e. The number of benzene rings is 1. The first-order chi connectivity index (χ1) is 13.5. The van der Waals surface area contributed by atoms with Crippen molar-refractivity contribution >= 4 is 28.1 Å². The van der Waals surface area contributed by atoms with Gasteiger partial charge >= 0.3 is 5.95 Å². The third kappa shape index (κ3) is 4.34. The molecule has 0 unspecified atom stereocenters. The summed E-state index contributed by atoms with van der Waals surface area (Å²) in [6.45, 7) is 0. The second-order valence-electron chi connectivity index (χ2n) is 5.46. The lowest BCUT2D eigenvalue weighted by Crippen LogP contribution is -2.20. The minimum Gasteiger partial charge on any atom is -0.493 e. The molecule has 0 aliphatic carbocycles. The molecule has 3 rings (SSSR count). The Kier molecular flexibility index (Phi) is 5.99. The van der Waals surface area contributed by atoms with Crippen LogP contribution in [0.15, 0.2) is 48.9 Å². The lowest BCUT2D eigenvalue weighted by Gasteiger charge is -2.11. The molecule has 0 bridgehead atoms. The Labute approximate surface area is 168 Å². The van der Waals surface area contributed by atoms with Crippen LogP contribution in [0.4, 0.5) is 0 Å². The molecular weight excluding hydrogens is 434 g/mol. The van der Waals surface area contributed by atoms with Gasteiger partial charge in [0.25, 0.3) is 5.89 Å². The van der Waals surface area contributed by atoms with E-state index in [-0.39, 0.29) is 23.9 Å². The quantitative estimate of drug-likeness (QED) is 0.419. The molecule has 0 atom stereocenters. The highest BCUT2D eigenvalue weighted by Crippen LogP contribution is 2.33. The summed E-state index contributed by atoms with van der Waals surface area (Å²) in [4.78, 5) is 16.2. The van der Waals surface area contributed by atoms with Crippen LogP contribution in [0.5, 0.6) is 17.4 Å². The summed E-state index contributed by atoms with van der Waals surface area (Å²) in [5, 5.41) is 13.6. The number of nitrogens with zero attached hydrogens (tertiary/aromatic N) is 2. The van der Waals surface area contributed by atoms with Crippen LogP contribution in [-0.4, -0.2) is 36.4 Å². The molecule has 1 aromatic carbocycles. The fraction of sp³-hybridized carbons (Fsp3) is 0.167. The lowest BCUT2D eigenvalue weighted by atomic mass is 10.1. The summed E-state index contributed by atoms with van der Waals surface area (Å²) in [5.41, 5.74) is 3.11. The van der Waals surface area contributed by atoms with Crippen molar-refractivity contribution in [3.63, 3.8) is 0 Å². The molecule has 0 fully saturated rings. The van der Waals surface area contributed by atoms with E-state index in [2.05, 4.69) is 31.4 Å². The van der Waals surface area contributed by atoms with E-state index in [1.165, 1.54) is 26.7 Å². The highest BCUT2D eigenvalue weighted by Gasteiger charge is 2.15. The third-order valence-electron chi connectivity index (χ3n) is 3.65. The Hall–Kier alpha value is -3.27. The van der Waals surface area contributed by atoms with Crippen LogP contribution in [-0.2, 0) is 11.2 Å². The summed E-state index contributed by atoms with van der Waals surface area (Å²) in [7, 11) is 3.04. The van der Waals surface area contributed by atoms with Crippen molar-refractivity contribution in [3.05, 3.63) is 46.3 Å².